The molecule has 0 heterocycles. The first-order chi connectivity index (χ1) is 3.31. The fraction of sp³-hybridized carbons (Fsp3) is 0.750. The van der Waals surface area contributed by atoms with E-state index in [9.17, 15) is 0 Å². The third-order valence-corrected chi connectivity index (χ3v) is 1.25. The van der Waals surface area contributed by atoms with Crippen molar-refractivity contribution >= 4 is 15.9 Å². The minimum absolute atomic E-state index is 0.214. The number of nitriles is 1. The smallest absolute Gasteiger partial charge is 0.0766 e. The average Bonchev–Trinajstić information content (AvgIpc) is 1.68. The molecule has 0 aliphatic carbocycles. The van der Waals surface area contributed by atoms with Crippen LogP contribution in [0.25, 0.3) is 0 Å². The van der Waals surface area contributed by atoms with Gasteiger partial charge in [-0.15, -0.1) is 0 Å². The molecule has 0 aliphatic heterocycles. The van der Waals surface area contributed by atoms with Crippen molar-refractivity contribution in [1.82, 2.24) is 0 Å². The minimum Gasteiger partial charge on any atom is -0.391 e. The molecule has 0 aliphatic rings. The largest absolute Gasteiger partial charge is 0.391 e. The highest BCUT2D eigenvalue weighted by atomic mass is 79.9. The fourth-order valence-corrected chi connectivity index (χ4v) is 0.389. The van der Waals surface area contributed by atoms with Crippen LogP contribution in [-0.4, -0.2) is 16.5 Å². The van der Waals surface area contributed by atoms with Crippen LogP contribution in [-0.2, 0) is 0 Å². The number of aliphatic hydroxyl groups excluding tert-OH is 1. The molecule has 0 bridgehead atoms. The number of alkyl halides is 1. The summed E-state index contributed by atoms with van der Waals surface area (Å²) in [7, 11) is 0. The molecule has 0 radical (unpaired) electrons. The van der Waals surface area contributed by atoms with E-state index in [-0.39, 0.29) is 6.42 Å². The fourth-order valence-electron chi connectivity index (χ4n) is 0.160. The van der Waals surface area contributed by atoms with Crippen molar-refractivity contribution in [3.63, 3.8) is 0 Å². The van der Waals surface area contributed by atoms with Crippen LogP contribution in [0.15, 0.2) is 0 Å². The van der Waals surface area contributed by atoms with Crippen LogP contribution in [0.3, 0.4) is 0 Å². The van der Waals surface area contributed by atoms with Gasteiger partial charge in [-0.25, -0.2) is 0 Å². The van der Waals surface area contributed by atoms with Crippen LogP contribution in [0.5, 0.6) is 0 Å². The summed E-state index contributed by atoms with van der Waals surface area (Å²) in [5.74, 6) is 0. The maximum Gasteiger partial charge on any atom is 0.0766 e. The Kier molecular flexibility index (Phi) is 4.06. The molecule has 1 N–H and O–H groups in total. The molecular weight excluding hydrogens is 158 g/mol. The first-order valence-electron chi connectivity index (χ1n) is 1.92. The highest BCUT2D eigenvalue weighted by Crippen LogP contribution is 1.92. The van der Waals surface area contributed by atoms with Crippen LogP contribution in [0.2, 0.25) is 0 Å². The van der Waals surface area contributed by atoms with E-state index in [1.165, 1.54) is 0 Å². The Morgan fingerprint density at radius 2 is 2.43 bits per heavy atom. The van der Waals surface area contributed by atoms with Crippen LogP contribution < -0.4 is 0 Å². The Hall–Kier alpha value is -0.0700. The lowest BCUT2D eigenvalue weighted by Gasteiger charge is -1.95. The zero-order valence-corrected chi connectivity index (χ0v) is 5.35. The number of hydrogen-bond donors (Lipinski definition) is 1. The molecule has 1 atom stereocenters. The van der Waals surface area contributed by atoms with Crippen molar-refractivity contribution in [1.29, 1.82) is 5.26 Å². The van der Waals surface area contributed by atoms with E-state index in [1.54, 1.807) is 0 Å². The van der Waals surface area contributed by atoms with Gasteiger partial charge in [0.25, 0.3) is 0 Å². The first-order valence-corrected chi connectivity index (χ1v) is 3.04. The van der Waals surface area contributed by atoms with Crippen molar-refractivity contribution < 1.29 is 5.11 Å². The quantitative estimate of drug-likeness (QED) is 0.609. The zero-order chi connectivity index (χ0) is 5.70. The molecule has 7 heavy (non-hydrogen) atoms. The Bertz CT molecular complexity index is 78.2. The van der Waals surface area contributed by atoms with E-state index in [0.717, 1.165) is 0 Å². The Morgan fingerprint density at radius 3 is 2.57 bits per heavy atom. The molecule has 0 saturated heterocycles. The number of aliphatic hydroxyl groups is 1. The van der Waals surface area contributed by atoms with Crippen LogP contribution in [0.1, 0.15) is 6.42 Å². The van der Waals surface area contributed by atoms with Gasteiger partial charge in [0.15, 0.2) is 0 Å². The molecule has 0 amide bonds. The average molecular weight is 164 g/mol. The van der Waals surface area contributed by atoms with Gasteiger partial charge in [0.05, 0.1) is 18.6 Å². The lowest BCUT2D eigenvalue weighted by atomic mass is 10.3. The van der Waals surface area contributed by atoms with E-state index >= 15 is 0 Å². The molecule has 3 heteroatoms. The van der Waals surface area contributed by atoms with Gasteiger partial charge in [-0.2, -0.15) is 5.26 Å². The normalized spacial score (nSPS) is 12.7. The maximum absolute atomic E-state index is 8.59. The summed E-state index contributed by atoms with van der Waals surface area (Å²) in [5.41, 5.74) is 0. The van der Waals surface area contributed by atoms with Gasteiger partial charge in [0.2, 0.25) is 0 Å². The third kappa shape index (κ3) is 3.77. The van der Waals surface area contributed by atoms with Gasteiger partial charge in [0, 0.05) is 5.33 Å². The molecular formula is C4H6BrNO. The van der Waals surface area contributed by atoms with Gasteiger partial charge in [0.1, 0.15) is 0 Å². The lowest BCUT2D eigenvalue weighted by Crippen LogP contribution is -2.04. The molecule has 40 valence electrons. The summed E-state index contributed by atoms with van der Waals surface area (Å²) in [6.07, 6.45) is -0.282. The standard InChI is InChI=1S/C4H6BrNO/c5-3-4(7)1-2-6/h4,7H,1,3H2/t4-/m1/s1. The highest BCUT2D eigenvalue weighted by molar-refractivity contribution is 9.09. The molecule has 0 aromatic rings. The van der Waals surface area contributed by atoms with Gasteiger partial charge in [-0.1, -0.05) is 15.9 Å². The minimum atomic E-state index is -0.495. The predicted molar refractivity (Wildman–Crippen MR) is 30.0 cm³/mol. The van der Waals surface area contributed by atoms with Gasteiger partial charge < -0.3 is 5.11 Å². The molecule has 0 unspecified atom stereocenters. The van der Waals surface area contributed by atoms with Crippen LogP contribution >= 0.6 is 15.9 Å². The van der Waals surface area contributed by atoms with Crippen molar-refractivity contribution in [3.8, 4) is 6.07 Å². The van der Waals surface area contributed by atoms with Crippen LogP contribution in [0.4, 0.5) is 0 Å². The van der Waals surface area contributed by atoms with Gasteiger partial charge in [-0.05, 0) is 0 Å². The molecule has 0 fully saturated rings. The van der Waals surface area contributed by atoms with Crippen molar-refractivity contribution in [2.75, 3.05) is 5.33 Å². The Labute approximate surface area is 50.9 Å². The second kappa shape index (κ2) is 4.10. The Balaban J connectivity index is 3.03. The van der Waals surface area contributed by atoms with Crippen LogP contribution in [0, 0.1) is 11.3 Å². The van der Waals surface area contributed by atoms with Crippen molar-refractivity contribution in [2.45, 2.75) is 12.5 Å². The second-order valence-electron chi connectivity index (χ2n) is 1.17. The monoisotopic (exact) mass is 163 g/mol. The summed E-state index contributed by atoms with van der Waals surface area (Å²) < 4.78 is 0. The second-order valence-corrected chi connectivity index (χ2v) is 1.82. The number of hydrogen-bond acceptors (Lipinski definition) is 2. The van der Waals surface area contributed by atoms with Gasteiger partial charge >= 0.3 is 0 Å². The summed E-state index contributed by atoms with van der Waals surface area (Å²) in [5, 5.41) is 17.0. The number of rotatable bonds is 2. The van der Waals surface area contributed by atoms with E-state index < -0.39 is 6.10 Å². The van der Waals surface area contributed by atoms with Crippen molar-refractivity contribution in [2.24, 2.45) is 0 Å². The van der Waals surface area contributed by atoms with E-state index in [2.05, 4.69) is 15.9 Å². The lowest BCUT2D eigenvalue weighted by molar-refractivity contribution is 0.206. The molecule has 0 aromatic heterocycles. The molecule has 0 rings (SSSR count). The topological polar surface area (TPSA) is 44.0 Å². The van der Waals surface area contributed by atoms with E-state index in [4.69, 9.17) is 10.4 Å². The third-order valence-electron chi connectivity index (χ3n) is 0.505. The molecule has 0 spiro atoms. The van der Waals surface area contributed by atoms with Gasteiger partial charge in [-0.3, -0.25) is 0 Å². The van der Waals surface area contributed by atoms with E-state index in [1.807, 2.05) is 6.07 Å². The summed E-state index contributed by atoms with van der Waals surface area (Å²) in [4.78, 5) is 0. The zero-order valence-electron chi connectivity index (χ0n) is 3.76. The summed E-state index contributed by atoms with van der Waals surface area (Å²) in [6, 6.07) is 1.84. The number of halogens is 1. The molecule has 2 nitrogen and oxygen atoms in total. The summed E-state index contributed by atoms with van der Waals surface area (Å²) in [6.45, 7) is 0. The highest BCUT2D eigenvalue weighted by Gasteiger charge is 1.96. The van der Waals surface area contributed by atoms with E-state index in [0.29, 0.717) is 5.33 Å². The Morgan fingerprint density at radius 1 is 1.86 bits per heavy atom. The maximum atomic E-state index is 8.59. The van der Waals surface area contributed by atoms with Crippen molar-refractivity contribution in [3.05, 3.63) is 0 Å². The first kappa shape index (κ1) is 6.93. The SMILES string of the molecule is N#CC[C@@H](O)CBr. The molecule has 0 aromatic carbocycles. The number of nitrogens with zero attached hydrogens (tertiary/aromatic N) is 1. The predicted octanol–water partition coefficient (Wildman–Crippen LogP) is 0.656. The summed E-state index contributed by atoms with van der Waals surface area (Å²) >= 11 is 3.01. The molecule has 0 saturated carbocycles.